The van der Waals surface area contributed by atoms with Crippen molar-refractivity contribution in [2.45, 2.75) is 59.4 Å². The maximum Gasteiger partial charge on any atom is 0.196 e. The topological polar surface area (TPSA) is 53.2 Å². The second kappa shape index (κ2) is 6.56. The van der Waals surface area contributed by atoms with Crippen molar-refractivity contribution in [3.05, 3.63) is 22.5 Å². The van der Waals surface area contributed by atoms with E-state index >= 15 is 0 Å². The summed E-state index contributed by atoms with van der Waals surface area (Å²) in [7, 11) is 0. The van der Waals surface area contributed by atoms with E-state index in [-0.39, 0.29) is 17.6 Å². The molecule has 1 saturated heterocycles. The van der Waals surface area contributed by atoms with Gasteiger partial charge in [0, 0.05) is 11.3 Å². The highest BCUT2D eigenvalue weighted by Crippen LogP contribution is 2.22. The van der Waals surface area contributed by atoms with Crippen molar-refractivity contribution in [1.29, 1.82) is 0 Å². The Labute approximate surface area is 126 Å². The molecule has 21 heavy (non-hydrogen) atoms. The minimum Gasteiger partial charge on any atom is -0.355 e. The lowest BCUT2D eigenvalue weighted by atomic mass is 10.0. The van der Waals surface area contributed by atoms with Gasteiger partial charge in [-0.15, -0.1) is 0 Å². The molecule has 0 aromatic carbocycles. The monoisotopic (exact) mass is 290 g/mol. The molecule has 2 heterocycles. The van der Waals surface area contributed by atoms with Gasteiger partial charge < -0.3 is 4.98 Å². The molecule has 0 spiro atoms. The van der Waals surface area contributed by atoms with E-state index in [0.29, 0.717) is 11.3 Å². The third-order valence-electron chi connectivity index (χ3n) is 4.60. The van der Waals surface area contributed by atoms with E-state index in [9.17, 15) is 9.59 Å². The lowest BCUT2D eigenvalue weighted by Crippen LogP contribution is -2.40. The van der Waals surface area contributed by atoms with Crippen LogP contribution in [-0.4, -0.2) is 40.6 Å². The summed E-state index contributed by atoms with van der Waals surface area (Å²) in [5.74, 6) is 0.118. The largest absolute Gasteiger partial charge is 0.355 e. The fourth-order valence-corrected chi connectivity index (χ4v) is 3.38. The van der Waals surface area contributed by atoms with Gasteiger partial charge in [-0.25, -0.2) is 0 Å². The van der Waals surface area contributed by atoms with Gasteiger partial charge in [0.15, 0.2) is 11.6 Å². The molecule has 1 atom stereocenters. The molecule has 116 valence electrons. The van der Waals surface area contributed by atoms with Crippen molar-refractivity contribution in [2.75, 3.05) is 13.1 Å². The molecule has 0 aliphatic carbocycles. The number of hydrogen-bond donors (Lipinski definition) is 1. The molecular formula is C17H26N2O2. The number of nitrogens with zero attached hydrogens (tertiary/aromatic N) is 1. The number of hydrogen-bond acceptors (Lipinski definition) is 3. The molecule has 0 unspecified atom stereocenters. The second-order valence-electron chi connectivity index (χ2n) is 6.17. The number of aromatic amines is 1. The minimum atomic E-state index is -0.125. The maximum absolute atomic E-state index is 12.8. The Morgan fingerprint density at radius 1 is 1.10 bits per heavy atom. The van der Waals surface area contributed by atoms with E-state index in [1.165, 1.54) is 25.7 Å². The molecule has 0 saturated carbocycles. The highest BCUT2D eigenvalue weighted by molar-refractivity contribution is 6.05. The molecule has 1 fully saturated rings. The van der Waals surface area contributed by atoms with Gasteiger partial charge in [-0.1, -0.05) is 12.8 Å². The molecule has 1 aromatic rings. The summed E-state index contributed by atoms with van der Waals surface area (Å²) in [4.78, 5) is 29.9. The zero-order chi connectivity index (χ0) is 15.6. The predicted octanol–water partition coefficient (Wildman–Crippen LogP) is 3.28. The van der Waals surface area contributed by atoms with E-state index in [1.807, 2.05) is 20.8 Å². The Morgan fingerprint density at radius 2 is 1.67 bits per heavy atom. The van der Waals surface area contributed by atoms with Crippen LogP contribution in [0, 0.1) is 13.8 Å². The number of likely N-dealkylation sites (tertiary alicyclic amines) is 1. The molecule has 0 radical (unpaired) electrons. The van der Waals surface area contributed by atoms with Gasteiger partial charge >= 0.3 is 0 Å². The van der Waals surface area contributed by atoms with Crippen LogP contribution in [0.4, 0.5) is 0 Å². The van der Waals surface area contributed by atoms with Crippen molar-refractivity contribution in [1.82, 2.24) is 9.88 Å². The fourth-order valence-electron chi connectivity index (χ4n) is 3.38. The van der Waals surface area contributed by atoms with Crippen LogP contribution in [0.2, 0.25) is 0 Å². The van der Waals surface area contributed by atoms with Gasteiger partial charge in [-0.3, -0.25) is 14.5 Å². The van der Waals surface area contributed by atoms with Crippen molar-refractivity contribution in [2.24, 2.45) is 0 Å². The van der Waals surface area contributed by atoms with Crippen LogP contribution >= 0.6 is 0 Å². The first-order valence-electron chi connectivity index (χ1n) is 7.91. The molecule has 1 aromatic heterocycles. The Hall–Kier alpha value is -1.42. The third kappa shape index (κ3) is 3.26. The minimum absolute atomic E-state index is 0.0164. The molecule has 4 heteroatoms. The Bertz CT molecular complexity index is 537. The standard InChI is InChI=1S/C17H26N2O2/c1-11-15(14(4)20)12(2)18-16(11)17(21)13(3)19-9-7-5-6-8-10-19/h13,18H,5-10H2,1-4H3/t13-/m1/s1. The molecule has 1 aliphatic heterocycles. The van der Waals surface area contributed by atoms with E-state index in [2.05, 4.69) is 9.88 Å². The van der Waals surface area contributed by atoms with Crippen LogP contribution in [-0.2, 0) is 0 Å². The lowest BCUT2D eigenvalue weighted by molar-refractivity contribution is 0.0837. The molecule has 2 rings (SSSR count). The second-order valence-corrected chi connectivity index (χ2v) is 6.17. The van der Waals surface area contributed by atoms with E-state index in [1.54, 1.807) is 6.92 Å². The zero-order valence-corrected chi connectivity index (χ0v) is 13.6. The highest BCUT2D eigenvalue weighted by atomic mass is 16.1. The summed E-state index contributed by atoms with van der Waals surface area (Å²) in [5.41, 5.74) is 2.87. The quantitative estimate of drug-likeness (QED) is 0.866. The summed E-state index contributed by atoms with van der Waals surface area (Å²) in [5, 5.41) is 0. The van der Waals surface area contributed by atoms with Gasteiger partial charge in [0.05, 0.1) is 11.7 Å². The number of nitrogens with one attached hydrogen (secondary N) is 1. The molecule has 0 amide bonds. The average Bonchev–Trinajstić information content (AvgIpc) is 2.63. The first-order valence-corrected chi connectivity index (χ1v) is 7.91. The van der Waals surface area contributed by atoms with E-state index < -0.39 is 0 Å². The first-order chi connectivity index (χ1) is 9.93. The molecule has 1 aliphatic rings. The number of carbonyl (C=O) groups is 2. The van der Waals surface area contributed by atoms with Crippen LogP contribution in [0.3, 0.4) is 0 Å². The third-order valence-corrected chi connectivity index (χ3v) is 4.60. The predicted molar refractivity (Wildman–Crippen MR) is 84.1 cm³/mol. The number of aryl methyl sites for hydroxylation is 1. The van der Waals surface area contributed by atoms with Crippen molar-refractivity contribution in [3.8, 4) is 0 Å². The van der Waals surface area contributed by atoms with Gasteiger partial charge in [-0.2, -0.15) is 0 Å². The van der Waals surface area contributed by atoms with Gasteiger partial charge in [-0.05, 0) is 59.2 Å². The van der Waals surface area contributed by atoms with Crippen LogP contribution in [0.25, 0.3) is 0 Å². The summed E-state index contributed by atoms with van der Waals surface area (Å²) < 4.78 is 0. The van der Waals surface area contributed by atoms with Crippen LogP contribution < -0.4 is 0 Å². The summed E-state index contributed by atoms with van der Waals surface area (Å²) in [6.45, 7) is 9.24. The SMILES string of the molecule is CC(=O)c1c(C)[nH]c(C(=O)[C@@H](C)N2CCCCCC2)c1C. The summed E-state index contributed by atoms with van der Waals surface area (Å²) in [6.07, 6.45) is 4.84. The van der Waals surface area contributed by atoms with Crippen LogP contribution in [0.5, 0.6) is 0 Å². The van der Waals surface area contributed by atoms with Gasteiger partial charge in [0.1, 0.15) is 0 Å². The number of ketones is 2. The Kier molecular flexibility index (Phi) is 4.99. The van der Waals surface area contributed by atoms with Crippen molar-refractivity contribution < 1.29 is 9.59 Å². The number of H-pyrrole nitrogens is 1. The number of carbonyl (C=O) groups excluding carboxylic acids is 2. The first kappa shape index (κ1) is 16.0. The molecular weight excluding hydrogens is 264 g/mol. The van der Waals surface area contributed by atoms with Crippen molar-refractivity contribution in [3.63, 3.8) is 0 Å². The smallest absolute Gasteiger partial charge is 0.196 e. The van der Waals surface area contributed by atoms with Gasteiger partial charge in [0.25, 0.3) is 0 Å². The molecule has 1 N–H and O–H groups in total. The van der Waals surface area contributed by atoms with E-state index in [4.69, 9.17) is 0 Å². The zero-order valence-electron chi connectivity index (χ0n) is 13.6. The maximum atomic E-state index is 12.8. The average molecular weight is 290 g/mol. The Morgan fingerprint density at radius 3 is 2.14 bits per heavy atom. The number of aromatic nitrogens is 1. The summed E-state index contributed by atoms with van der Waals surface area (Å²) in [6, 6.07) is -0.125. The summed E-state index contributed by atoms with van der Waals surface area (Å²) >= 11 is 0. The van der Waals surface area contributed by atoms with Crippen LogP contribution in [0.15, 0.2) is 0 Å². The highest BCUT2D eigenvalue weighted by Gasteiger charge is 2.27. The molecule has 0 bridgehead atoms. The lowest BCUT2D eigenvalue weighted by Gasteiger charge is -2.26. The molecule has 4 nitrogen and oxygen atoms in total. The fraction of sp³-hybridized carbons (Fsp3) is 0.647. The normalized spacial score (nSPS) is 18.3. The van der Waals surface area contributed by atoms with Gasteiger partial charge in [0.2, 0.25) is 0 Å². The number of Topliss-reactive ketones (excluding diaryl/α,β-unsaturated/α-hetero) is 2. The Balaban J connectivity index is 2.23. The van der Waals surface area contributed by atoms with Crippen molar-refractivity contribution >= 4 is 11.6 Å². The number of rotatable bonds is 4. The van der Waals surface area contributed by atoms with E-state index in [0.717, 1.165) is 24.3 Å². The van der Waals surface area contributed by atoms with Crippen LogP contribution in [0.1, 0.15) is 71.6 Å².